The van der Waals surface area contributed by atoms with Crippen molar-refractivity contribution in [2.75, 3.05) is 12.0 Å². The number of hydrogen-bond acceptors (Lipinski definition) is 5. The van der Waals surface area contributed by atoms with Gasteiger partial charge >= 0.3 is 0 Å². The molecule has 0 bridgehead atoms. The fourth-order valence-electron chi connectivity index (χ4n) is 3.27. The zero-order chi connectivity index (χ0) is 19.3. The third-order valence-electron chi connectivity index (χ3n) is 4.63. The fourth-order valence-corrected chi connectivity index (χ4v) is 3.68. The van der Waals surface area contributed by atoms with Crippen molar-refractivity contribution in [2.24, 2.45) is 5.10 Å². The van der Waals surface area contributed by atoms with Gasteiger partial charge < -0.3 is 0 Å². The molecular weight excluding hydrogens is 418 g/mol. The standard InChI is InChI=1S/C21H20BrN5O/c22-17-8-4-7-16(11-17)12-23-26-21-24-19-9-10-27(14-18(19)20(28)25-21)13-15-5-2-1-3-6-15/h1-8,11-12H,9-10,13-14H2,(H2,24,25,26,28)/b23-12-. The van der Waals surface area contributed by atoms with Gasteiger partial charge in [0.15, 0.2) is 0 Å². The Morgan fingerprint density at radius 1 is 1.21 bits per heavy atom. The molecule has 7 heteroatoms. The molecule has 0 aliphatic carbocycles. The Bertz CT molecular complexity index is 1050. The first-order chi connectivity index (χ1) is 13.7. The zero-order valence-electron chi connectivity index (χ0n) is 15.2. The fraction of sp³-hybridized carbons (Fsp3) is 0.190. The van der Waals surface area contributed by atoms with E-state index in [-0.39, 0.29) is 5.56 Å². The molecular formula is C21H20BrN5O. The summed E-state index contributed by atoms with van der Waals surface area (Å²) in [7, 11) is 0. The monoisotopic (exact) mass is 437 g/mol. The van der Waals surface area contributed by atoms with Gasteiger partial charge in [0.05, 0.1) is 17.5 Å². The van der Waals surface area contributed by atoms with Crippen LogP contribution in [0.4, 0.5) is 5.95 Å². The minimum atomic E-state index is -0.108. The summed E-state index contributed by atoms with van der Waals surface area (Å²) in [6.07, 6.45) is 2.43. The molecule has 142 valence electrons. The Kier molecular flexibility index (Phi) is 5.64. The van der Waals surface area contributed by atoms with Crippen LogP contribution in [0.3, 0.4) is 0 Å². The molecule has 1 aliphatic rings. The second kappa shape index (κ2) is 8.50. The highest BCUT2D eigenvalue weighted by Crippen LogP contribution is 2.17. The van der Waals surface area contributed by atoms with Crippen molar-refractivity contribution in [3.63, 3.8) is 0 Å². The van der Waals surface area contributed by atoms with Crippen LogP contribution in [0.2, 0.25) is 0 Å². The van der Waals surface area contributed by atoms with E-state index in [9.17, 15) is 4.79 Å². The molecule has 0 saturated heterocycles. The van der Waals surface area contributed by atoms with E-state index < -0.39 is 0 Å². The van der Waals surface area contributed by atoms with Crippen LogP contribution in [0.15, 0.2) is 69.0 Å². The number of rotatable bonds is 5. The van der Waals surface area contributed by atoms with E-state index in [4.69, 9.17) is 0 Å². The summed E-state index contributed by atoms with van der Waals surface area (Å²) in [6, 6.07) is 18.1. The lowest BCUT2D eigenvalue weighted by Crippen LogP contribution is -2.35. The number of hydrazone groups is 1. The Hall–Kier alpha value is -2.77. The van der Waals surface area contributed by atoms with Gasteiger partial charge in [-0.2, -0.15) is 5.10 Å². The molecule has 0 unspecified atom stereocenters. The summed E-state index contributed by atoms with van der Waals surface area (Å²) in [5.41, 5.74) is 6.49. The topological polar surface area (TPSA) is 73.4 Å². The van der Waals surface area contributed by atoms with Crippen LogP contribution >= 0.6 is 15.9 Å². The summed E-state index contributed by atoms with van der Waals surface area (Å²) < 4.78 is 0.983. The average Bonchev–Trinajstić information content (AvgIpc) is 2.69. The highest BCUT2D eigenvalue weighted by Gasteiger charge is 2.21. The predicted molar refractivity (Wildman–Crippen MR) is 114 cm³/mol. The van der Waals surface area contributed by atoms with Gasteiger partial charge in [0.2, 0.25) is 5.95 Å². The van der Waals surface area contributed by atoms with Crippen molar-refractivity contribution in [1.82, 2.24) is 14.9 Å². The lowest BCUT2D eigenvalue weighted by Gasteiger charge is -2.27. The normalized spacial score (nSPS) is 14.2. The predicted octanol–water partition coefficient (Wildman–Crippen LogP) is 3.54. The van der Waals surface area contributed by atoms with Crippen LogP contribution in [0.5, 0.6) is 0 Å². The molecule has 2 heterocycles. The van der Waals surface area contributed by atoms with Crippen LogP contribution in [0, 0.1) is 0 Å². The smallest absolute Gasteiger partial charge is 0.257 e. The number of anilines is 1. The number of benzene rings is 2. The van der Waals surface area contributed by atoms with Crippen molar-refractivity contribution >= 4 is 28.1 Å². The van der Waals surface area contributed by atoms with Gasteiger partial charge in [0, 0.05) is 30.5 Å². The average molecular weight is 438 g/mol. The molecule has 4 rings (SSSR count). The molecule has 1 aliphatic heterocycles. The zero-order valence-corrected chi connectivity index (χ0v) is 16.8. The van der Waals surface area contributed by atoms with Gasteiger partial charge in [-0.1, -0.05) is 58.4 Å². The number of aromatic amines is 1. The van der Waals surface area contributed by atoms with Gasteiger partial charge in [-0.05, 0) is 23.3 Å². The van der Waals surface area contributed by atoms with Gasteiger partial charge in [-0.15, -0.1) is 0 Å². The third kappa shape index (κ3) is 4.55. The molecule has 0 amide bonds. The summed E-state index contributed by atoms with van der Waals surface area (Å²) >= 11 is 3.43. The number of nitrogens with one attached hydrogen (secondary N) is 2. The van der Waals surface area contributed by atoms with Gasteiger partial charge in [-0.3, -0.25) is 14.7 Å². The third-order valence-corrected chi connectivity index (χ3v) is 5.12. The number of nitrogens with zero attached hydrogens (tertiary/aromatic N) is 3. The molecule has 0 fully saturated rings. The number of aromatic nitrogens is 2. The molecule has 0 atom stereocenters. The lowest BCUT2D eigenvalue weighted by molar-refractivity contribution is 0.242. The van der Waals surface area contributed by atoms with Crippen molar-refractivity contribution in [2.45, 2.75) is 19.5 Å². The highest BCUT2D eigenvalue weighted by molar-refractivity contribution is 9.10. The maximum absolute atomic E-state index is 12.5. The number of hydrogen-bond donors (Lipinski definition) is 2. The summed E-state index contributed by atoms with van der Waals surface area (Å²) in [4.78, 5) is 22.1. The van der Waals surface area contributed by atoms with Crippen LogP contribution in [0.25, 0.3) is 0 Å². The first-order valence-electron chi connectivity index (χ1n) is 9.10. The maximum Gasteiger partial charge on any atom is 0.257 e. The second-order valence-corrected chi connectivity index (χ2v) is 7.63. The maximum atomic E-state index is 12.5. The van der Waals surface area contributed by atoms with Crippen molar-refractivity contribution in [3.8, 4) is 0 Å². The number of halogens is 1. The van der Waals surface area contributed by atoms with Crippen LogP contribution in [0.1, 0.15) is 22.4 Å². The van der Waals surface area contributed by atoms with Crippen molar-refractivity contribution in [1.29, 1.82) is 0 Å². The Labute approximate surface area is 171 Å². The minimum Gasteiger partial charge on any atom is -0.294 e. The van der Waals surface area contributed by atoms with Crippen LogP contribution in [-0.4, -0.2) is 27.6 Å². The van der Waals surface area contributed by atoms with Crippen LogP contribution < -0.4 is 11.0 Å². The van der Waals surface area contributed by atoms with E-state index in [1.54, 1.807) is 6.21 Å². The molecule has 0 saturated carbocycles. The van der Waals surface area contributed by atoms with Gasteiger partial charge in [-0.25, -0.2) is 10.4 Å². The van der Waals surface area contributed by atoms with E-state index in [0.717, 1.165) is 40.8 Å². The van der Waals surface area contributed by atoms with Crippen molar-refractivity contribution < 1.29 is 0 Å². The van der Waals surface area contributed by atoms with Crippen LogP contribution in [-0.2, 0) is 19.5 Å². The minimum absolute atomic E-state index is 0.108. The number of fused-ring (bicyclic) bond motifs is 1. The van der Waals surface area contributed by atoms with E-state index in [1.165, 1.54) is 5.56 Å². The highest BCUT2D eigenvalue weighted by atomic mass is 79.9. The first-order valence-corrected chi connectivity index (χ1v) is 9.90. The number of H-pyrrole nitrogens is 1. The Morgan fingerprint density at radius 3 is 2.89 bits per heavy atom. The molecule has 3 aromatic rings. The summed E-state index contributed by atoms with van der Waals surface area (Å²) in [5, 5.41) is 4.17. The lowest BCUT2D eigenvalue weighted by atomic mass is 10.1. The molecule has 2 aromatic carbocycles. The van der Waals surface area contributed by atoms with Gasteiger partial charge in [0.1, 0.15) is 0 Å². The molecule has 28 heavy (non-hydrogen) atoms. The van der Waals surface area contributed by atoms with Crippen molar-refractivity contribution in [3.05, 3.63) is 91.8 Å². The van der Waals surface area contributed by atoms with E-state index >= 15 is 0 Å². The van der Waals surface area contributed by atoms with E-state index in [2.05, 4.69) is 53.5 Å². The molecule has 0 radical (unpaired) electrons. The SMILES string of the molecule is O=c1[nH]c(N/N=C\c2cccc(Br)c2)nc2c1CN(Cc1ccccc1)CC2. The quantitative estimate of drug-likeness (QED) is 0.472. The molecule has 6 nitrogen and oxygen atoms in total. The Balaban J connectivity index is 1.44. The van der Waals surface area contributed by atoms with E-state index in [1.807, 2.05) is 42.5 Å². The molecule has 1 aromatic heterocycles. The summed E-state index contributed by atoms with van der Waals surface area (Å²) in [6.45, 7) is 2.31. The molecule has 0 spiro atoms. The van der Waals surface area contributed by atoms with E-state index in [0.29, 0.717) is 12.5 Å². The molecule has 2 N–H and O–H groups in total. The van der Waals surface area contributed by atoms with Gasteiger partial charge in [0.25, 0.3) is 5.56 Å². The largest absolute Gasteiger partial charge is 0.294 e. The second-order valence-electron chi connectivity index (χ2n) is 6.71. The first kappa shape index (κ1) is 18.6. The summed E-state index contributed by atoms with van der Waals surface area (Å²) in [5.74, 6) is 0.367. The Morgan fingerprint density at radius 2 is 2.07 bits per heavy atom.